The molecular weight excluding hydrogens is 569 g/mol. The molecule has 1 aromatic rings. The lowest BCUT2D eigenvalue weighted by Gasteiger charge is -2.29. The van der Waals surface area contributed by atoms with Crippen molar-refractivity contribution in [2.75, 3.05) is 13.6 Å². The average Bonchev–Trinajstić information content (AvgIpc) is 3.40. The lowest BCUT2D eigenvalue weighted by Crippen LogP contribution is -2.33. The lowest BCUT2D eigenvalue weighted by atomic mass is 9.76. The van der Waals surface area contributed by atoms with Gasteiger partial charge in [-0.25, -0.2) is 4.98 Å². The standard InChI is InChI=1S/C33H48N2O5S2/c1-3-4-5-6-7-8-9-10-11-12-13-14-15-18-27-28(31(39)26-20-17-16-19-25(26)30(27)38)22-35(2)33(40)42-32-34-24(23-41-32)21-29(36)37/h23H,3-22H2,1-2H3,(H,36,37). The molecule has 0 spiro atoms. The predicted molar refractivity (Wildman–Crippen MR) is 170 cm³/mol. The highest BCUT2D eigenvalue weighted by atomic mass is 32.2. The van der Waals surface area contributed by atoms with Crippen LogP contribution < -0.4 is 0 Å². The minimum absolute atomic E-state index is 0.0185. The van der Waals surface area contributed by atoms with Crippen LogP contribution in [0.2, 0.25) is 0 Å². The molecule has 2 aliphatic carbocycles. The molecule has 0 saturated carbocycles. The zero-order valence-corrected chi connectivity index (χ0v) is 27.1. The molecular formula is C33H48N2O5S2. The van der Waals surface area contributed by atoms with Gasteiger partial charge in [-0.2, -0.15) is 0 Å². The highest BCUT2D eigenvalue weighted by molar-refractivity contribution is 8.14. The van der Waals surface area contributed by atoms with Gasteiger partial charge in [0.25, 0.3) is 5.24 Å². The van der Waals surface area contributed by atoms with Crippen LogP contribution in [0.5, 0.6) is 0 Å². The summed E-state index contributed by atoms with van der Waals surface area (Å²) in [5.74, 6) is -1.01. The number of carbonyl (C=O) groups excluding carboxylic acids is 3. The second-order valence-electron chi connectivity index (χ2n) is 11.7. The van der Waals surface area contributed by atoms with Gasteiger partial charge >= 0.3 is 5.97 Å². The first-order valence-corrected chi connectivity index (χ1v) is 17.6. The van der Waals surface area contributed by atoms with Crippen LogP contribution in [0.4, 0.5) is 4.79 Å². The Bertz CT molecular complexity index is 1150. The van der Waals surface area contributed by atoms with Crippen molar-refractivity contribution in [3.8, 4) is 0 Å². The molecule has 3 rings (SSSR count). The summed E-state index contributed by atoms with van der Waals surface area (Å²) < 4.78 is 0.465. The summed E-state index contributed by atoms with van der Waals surface area (Å²) in [7, 11) is 1.64. The van der Waals surface area contributed by atoms with E-state index in [9.17, 15) is 19.2 Å². The molecule has 0 bridgehead atoms. The second kappa shape index (κ2) is 18.4. The Kier molecular flexibility index (Phi) is 15.0. The summed E-state index contributed by atoms with van der Waals surface area (Å²) in [6.07, 6.45) is 19.8. The van der Waals surface area contributed by atoms with Crippen molar-refractivity contribution >= 4 is 45.9 Å². The lowest BCUT2D eigenvalue weighted by molar-refractivity contribution is -0.136. The largest absolute Gasteiger partial charge is 0.481 e. The molecule has 42 heavy (non-hydrogen) atoms. The zero-order chi connectivity index (χ0) is 30.3. The summed E-state index contributed by atoms with van der Waals surface area (Å²) in [4.78, 5) is 56.8. The number of rotatable bonds is 19. The van der Waals surface area contributed by atoms with Gasteiger partial charge in [0, 0.05) is 46.5 Å². The van der Waals surface area contributed by atoms with Crippen molar-refractivity contribution in [2.45, 2.75) is 133 Å². The monoisotopic (exact) mass is 616 g/mol. The number of Topliss-reactive ketones (excluding diaryl/α,β-unsaturated/α-hetero) is 2. The molecule has 7 nitrogen and oxygen atoms in total. The smallest absolute Gasteiger partial charge is 0.309 e. The zero-order valence-electron chi connectivity index (χ0n) is 25.5. The number of thioether (sulfide) groups is 1. The molecule has 0 fully saturated rings. The number of amides is 1. The molecule has 0 aliphatic heterocycles. The summed E-state index contributed by atoms with van der Waals surface area (Å²) >= 11 is 2.15. The molecule has 0 saturated heterocycles. The number of allylic oxidation sites excluding steroid dienone is 3. The third-order valence-corrected chi connectivity index (χ3v) is 10.2. The van der Waals surface area contributed by atoms with E-state index in [-0.39, 0.29) is 29.8 Å². The van der Waals surface area contributed by atoms with Gasteiger partial charge in [0.05, 0.1) is 18.7 Å². The number of carboxylic acid groups (broad SMARTS) is 1. The first-order chi connectivity index (χ1) is 20.3. The van der Waals surface area contributed by atoms with Crippen LogP contribution >= 0.6 is 23.1 Å². The van der Waals surface area contributed by atoms with E-state index in [1.165, 1.54) is 80.4 Å². The Morgan fingerprint density at radius 1 is 0.857 bits per heavy atom. The number of hydrogen-bond acceptors (Lipinski definition) is 7. The number of nitrogens with zero attached hydrogens (tertiary/aromatic N) is 2. The molecule has 9 heteroatoms. The summed E-state index contributed by atoms with van der Waals surface area (Å²) in [6, 6.07) is 0. The van der Waals surface area contributed by atoms with E-state index < -0.39 is 5.97 Å². The molecule has 1 heterocycles. The van der Waals surface area contributed by atoms with E-state index in [1.807, 2.05) is 0 Å². The maximum absolute atomic E-state index is 13.6. The number of unbranched alkanes of at least 4 members (excludes halogenated alkanes) is 12. The molecule has 1 amide bonds. The van der Waals surface area contributed by atoms with Crippen LogP contribution in [0.3, 0.4) is 0 Å². The fraction of sp³-hybridized carbons (Fsp3) is 0.667. The Morgan fingerprint density at radius 3 is 1.93 bits per heavy atom. The molecule has 0 atom stereocenters. The molecule has 0 unspecified atom stereocenters. The van der Waals surface area contributed by atoms with Crippen LogP contribution in [-0.4, -0.2) is 51.4 Å². The van der Waals surface area contributed by atoms with Crippen LogP contribution in [0, 0.1) is 0 Å². The van der Waals surface area contributed by atoms with Gasteiger partial charge in [-0.3, -0.25) is 19.2 Å². The third kappa shape index (κ3) is 10.8. The van der Waals surface area contributed by atoms with E-state index in [1.54, 1.807) is 12.4 Å². The van der Waals surface area contributed by atoms with Crippen LogP contribution in [0.1, 0.15) is 128 Å². The Labute approximate surface area is 259 Å². The van der Waals surface area contributed by atoms with Gasteiger partial charge in [-0.05, 0) is 38.5 Å². The van der Waals surface area contributed by atoms with Crippen molar-refractivity contribution in [1.82, 2.24) is 9.88 Å². The SMILES string of the molecule is CCCCCCCCCCCCCCCC1=C(CN(C)C(=O)Sc2nc(CC(=O)O)cs2)C(=O)C2=C(CCCC2)C1=O. The average molecular weight is 617 g/mol. The number of likely N-dealkylation sites (N-methyl/N-ethyl adjacent to an activating group) is 1. The summed E-state index contributed by atoms with van der Waals surface area (Å²) in [5.41, 5.74) is 2.85. The second-order valence-corrected chi connectivity index (χ2v) is 13.7. The first kappa shape index (κ1) is 34.2. The number of hydrogen-bond donors (Lipinski definition) is 1. The molecule has 0 aromatic carbocycles. The fourth-order valence-electron chi connectivity index (χ4n) is 5.82. The van der Waals surface area contributed by atoms with Gasteiger partial charge in [-0.1, -0.05) is 84.0 Å². The maximum atomic E-state index is 13.6. The molecule has 0 radical (unpaired) electrons. The van der Waals surface area contributed by atoms with E-state index in [0.29, 0.717) is 51.6 Å². The molecule has 1 aromatic heterocycles. The van der Waals surface area contributed by atoms with E-state index >= 15 is 0 Å². The van der Waals surface area contributed by atoms with Gasteiger partial charge in [0.15, 0.2) is 15.9 Å². The first-order valence-electron chi connectivity index (χ1n) is 15.9. The number of carbonyl (C=O) groups is 4. The Morgan fingerprint density at radius 2 is 1.38 bits per heavy atom. The fourth-order valence-corrected chi connectivity index (χ4v) is 7.45. The molecule has 2 aliphatic rings. The number of aliphatic carboxylic acids is 1. The van der Waals surface area contributed by atoms with E-state index in [2.05, 4.69) is 11.9 Å². The van der Waals surface area contributed by atoms with Crippen LogP contribution in [0.15, 0.2) is 32.0 Å². The van der Waals surface area contributed by atoms with Gasteiger partial charge in [0.2, 0.25) is 0 Å². The molecule has 232 valence electrons. The minimum atomic E-state index is -0.972. The Hall–Kier alpha value is -2.26. The van der Waals surface area contributed by atoms with Crippen molar-refractivity contribution in [2.24, 2.45) is 0 Å². The van der Waals surface area contributed by atoms with E-state index in [0.717, 1.165) is 43.9 Å². The van der Waals surface area contributed by atoms with Crippen molar-refractivity contribution in [3.05, 3.63) is 33.4 Å². The maximum Gasteiger partial charge on any atom is 0.309 e. The number of ketones is 2. The van der Waals surface area contributed by atoms with Crippen molar-refractivity contribution in [1.29, 1.82) is 0 Å². The van der Waals surface area contributed by atoms with Gasteiger partial charge in [-0.15, -0.1) is 11.3 Å². The topological polar surface area (TPSA) is 105 Å². The van der Waals surface area contributed by atoms with Crippen LogP contribution in [-0.2, 0) is 20.8 Å². The van der Waals surface area contributed by atoms with Gasteiger partial charge < -0.3 is 10.0 Å². The summed E-state index contributed by atoms with van der Waals surface area (Å²) in [5, 5.41) is 10.3. The highest BCUT2D eigenvalue weighted by Crippen LogP contribution is 2.37. The summed E-state index contributed by atoms with van der Waals surface area (Å²) in [6.45, 7) is 2.34. The minimum Gasteiger partial charge on any atom is -0.481 e. The quantitative estimate of drug-likeness (QED) is 0.0941. The predicted octanol–water partition coefficient (Wildman–Crippen LogP) is 8.71. The van der Waals surface area contributed by atoms with Crippen molar-refractivity contribution < 1.29 is 24.3 Å². The number of aromatic nitrogens is 1. The molecule has 1 N–H and O–H groups in total. The van der Waals surface area contributed by atoms with Crippen LogP contribution in [0.25, 0.3) is 0 Å². The number of thiazole rings is 1. The third-order valence-electron chi connectivity index (χ3n) is 8.20. The number of carboxylic acids is 1. The Balaban J connectivity index is 1.51. The normalized spacial score (nSPS) is 15.4. The highest BCUT2D eigenvalue weighted by Gasteiger charge is 2.35. The van der Waals surface area contributed by atoms with Gasteiger partial charge in [0.1, 0.15) is 0 Å². The van der Waals surface area contributed by atoms with Crippen molar-refractivity contribution in [3.63, 3.8) is 0 Å². The van der Waals surface area contributed by atoms with E-state index in [4.69, 9.17) is 5.11 Å².